The van der Waals surface area contributed by atoms with Crippen molar-refractivity contribution < 1.29 is 4.79 Å². The highest BCUT2D eigenvalue weighted by Crippen LogP contribution is 2.26. The van der Waals surface area contributed by atoms with Gasteiger partial charge < -0.3 is 15.1 Å². The highest BCUT2D eigenvalue weighted by molar-refractivity contribution is 5.91. The Morgan fingerprint density at radius 3 is 2.73 bits per heavy atom. The lowest BCUT2D eigenvalue weighted by molar-refractivity contribution is -0.133. The van der Waals surface area contributed by atoms with E-state index in [2.05, 4.69) is 31.6 Å². The summed E-state index contributed by atoms with van der Waals surface area (Å²) in [6.45, 7) is 3.01. The highest BCUT2D eigenvalue weighted by atomic mass is 16.2. The summed E-state index contributed by atoms with van der Waals surface area (Å²) in [6, 6.07) is 5.82. The molecule has 3 heterocycles. The van der Waals surface area contributed by atoms with Gasteiger partial charge in [0.15, 0.2) is 0 Å². The van der Waals surface area contributed by atoms with Crippen molar-refractivity contribution >= 4 is 22.5 Å². The van der Waals surface area contributed by atoms with E-state index >= 15 is 0 Å². The third kappa shape index (κ3) is 2.92. The van der Waals surface area contributed by atoms with Crippen LogP contribution in [0.1, 0.15) is 11.6 Å². The molecular weight excluding hydrogens is 330 g/mol. The third-order valence-electron chi connectivity index (χ3n) is 4.99. The number of nitrogens with one attached hydrogen (secondary N) is 2. The monoisotopic (exact) mass is 353 g/mol. The summed E-state index contributed by atoms with van der Waals surface area (Å²) < 4.78 is 1.72. The molecule has 1 atom stereocenters. The van der Waals surface area contributed by atoms with Gasteiger partial charge in [-0.1, -0.05) is 6.07 Å². The zero-order chi connectivity index (χ0) is 18.1. The van der Waals surface area contributed by atoms with Gasteiger partial charge in [-0.05, 0) is 19.2 Å². The largest absolute Gasteiger partial charge is 0.367 e. The van der Waals surface area contributed by atoms with Crippen molar-refractivity contribution in [3.05, 3.63) is 42.4 Å². The zero-order valence-electron chi connectivity index (χ0n) is 15.0. The van der Waals surface area contributed by atoms with Gasteiger partial charge in [0, 0.05) is 56.1 Å². The minimum absolute atomic E-state index is 0.0988. The van der Waals surface area contributed by atoms with Crippen LogP contribution in [0.3, 0.4) is 0 Å². The second-order valence-corrected chi connectivity index (χ2v) is 6.59. The molecule has 2 aromatic heterocycles. The first kappa shape index (κ1) is 16.6. The van der Waals surface area contributed by atoms with E-state index in [-0.39, 0.29) is 11.9 Å². The topological polar surface area (TPSA) is 82.1 Å². The smallest absolute Gasteiger partial charge is 0.244 e. The molecule has 0 radical (unpaired) electrons. The average Bonchev–Trinajstić information content (AvgIpc) is 3.31. The molecule has 1 saturated heterocycles. The third-order valence-corrected chi connectivity index (χ3v) is 4.99. The molecule has 0 saturated carbocycles. The summed E-state index contributed by atoms with van der Waals surface area (Å²) in [5, 5.41) is 15.6. The summed E-state index contributed by atoms with van der Waals surface area (Å²) in [4.78, 5) is 17.2. The zero-order valence-corrected chi connectivity index (χ0v) is 15.0. The fourth-order valence-electron chi connectivity index (χ4n) is 3.60. The van der Waals surface area contributed by atoms with Crippen molar-refractivity contribution in [1.29, 1.82) is 0 Å². The van der Waals surface area contributed by atoms with Crippen LogP contribution in [0, 0.1) is 0 Å². The number of aromatic nitrogens is 4. The van der Waals surface area contributed by atoms with Crippen LogP contribution in [0.4, 0.5) is 5.69 Å². The Labute approximate surface area is 151 Å². The van der Waals surface area contributed by atoms with Crippen molar-refractivity contribution in [2.24, 2.45) is 7.05 Å². The Bertz CT molecular complexity index is 907. The second kappa shape index (κ2) is 6.80. The van der Waals surface area contributed by atoms with E-state index < -0.39 is 0 Å². The van der Waals surface area contributed by atoms with E-state index in [1.165, 1.54) is 5.69 Å². The fourth-order valence-corrected chi connectivity index (χ4v) is 3.60. The van der Waals surface area contributed by atoms with E-state index in [1.807, 2.05) is 43.5 Å². The number of likely N-dealkylation sites (N-methyl/N-ethyl adjacent to an activating group) is 1. The number of benzene rings is 1. The number of hydrogen-bond donors (Lipinski definition) is 2. The molecule has 0 aliphatic carbocycles. The van der Waals surface area contributed by atoms with Gasteiger partial charge in [0.2, 0.25) is 5.91 Å². The molecular formula is C18H23N7O. The molecule has 0 bridgehead atoms. The number of nitrogens with zero attached hydrogens (tertiary/aromatic N) is 5. The first-order valence-electron chi connectivity index (χ1n) is 8.79. The minimum atomic E-state index is -0.354. The number of anilines is 1. The molecule has 1 fully saturated rings. The van der Waals surface area contributed by atoms with Crippen LogP contribution < -0.4 is 10.2 Å². The summed E-state index contributed by atoms with van der Waals surface area (Å²) in [7, 11) is 3.67. The molecule has 1 aliphatic heterocycles. The fraction of sp³-hybridized carbons (Fsp3) is 0.389. The lowest BCUT2D eigenvalue weighted by Crippen LogP contribution is -2.51. The first-order chi connectivity index (χ1) is 12.7. The Balaban J connectivity index is 1.46. The molecule has 26 heavy (non-hydrogen) atoms. The van der Waals surface area contributed by atoms with Gasteiger partial charge >= 0.3 is 0 Å². The quantitative estimate of drug-likeness (QED) is 0.728. The van der Waals surface area contributed by atoms with Crippen molar-refractivity contribution in [2.75, 3.05) is 38.1 Å². The number of H-pyrrole nitrogens is 1. The van der Waals surface area contributed by atoms with Gasteiger partial charge in [-0.3, -0.25) is 14.6 Å². The SMILES string of the molecule is CNC(C(=O)N1CCN(c2cccc3[nH]ncc23)CC1)c1cnn(C)c1. The van der Waals surface area contributed by atoms with E-state index in [1.54, 1.807) is 10.9 Å². The lowest BCUT2D eigenvalue weighted by atomic mass is 10.1. The van der Waals surface area contributed by atoms with Gasteiger partial charge in [0.25, 0.3) is 0 Å². The summed E-state index contributed by atoms with van der Waals surface area (Å²) in [5.41, 5.74) is 3.10. The Kier molecular flexibility index (Phi) is 4.34. The molecule has 1 aromatic carbocycles. The Morgan fingerprint density at radius 1 is 1.23 bits per heavy atom. The van der Waals surface area contributed by atoms with Gasteiger partial charge in [-0.25, -0.2) is 0 Å². The minimum Gasteiger partial charge on any atom is -0.367 e. The van der Waals surface area contributed by atoms with Crippen LogP contribution in [-0.2, 0) is 11.8 Å². The molecule has 8 nitrogen and oxygen atoms in total. The number of hydrogen-bond acceptors (Lipinski definition) is 5. The van der Waals surface area contributed by atoms with E-state index in [9.17, 15) is 4.79 Å². The van der Waals surface area contributed by atoms with Crippen molar-refractivity contribution in [1.82, 2.24) is 30.2 Å². The number of aromatic amines is 1. The predicted molar refractivity (Wildman–Crippen MR) is 99.9 cm³/mol. The molecule has 1 amide bonds. The number of piperazine rings is 1. The number of amides is 1. The van der Waals surface area contributed by atoms with Crippen molar-refractivity contribution in [3.63, 3.8) is 0 Å². The number of carbonyl (C=O) groups excluding carboxylic acids is 1. The Morgan fingerprint density at radius 2 is 2.04 bits per heavy atom. The standard InChI is InChI=1S/C18H23N7O/c1-19-17(13-10-21-23(2)12-13)18(26)25-8-6-24(7-9-25)16-5-3-4-15-14(16)11-20-22-15/h3-5,10-12,17,19H,6-9H2,1-2H3,(H,20,22). The summed E-state index contributed by atoms with van der Waals surface area (Å²) >= 11 is 0. The maximum absolute atomic E-state index is 12.9. The molecule has 3 aromatic rings. The molecule has 1 unspecified atom stereocenters. The lowest BCUT2D eigenvalue weighted by Gasteiger charge is -2.37. The summed E-state index contributed by atoms with van der Waals surface area (Å²) in [5.74, 6) is 0.0988. The van der Waals surface area contributed by atoms with E-state index in [4.69, 9.17) is 0 Å². The summed E-state index contributed by atoms with van der Waals surface area (Å²) in [6.07, 6.45) is 5.49. The highest BCUT2D eigenvalue weighted by Gasteiger charge is 2.28. The van der Waals surface area contributed by atoms with Gasteiger partial charge in [-0.15, -0.1) is 0 Å². The molecule has 8 heteroatoms. The molecule has 2 N–H and O–H groups in total. The average molecular weight is 353 g/mol. The van der Waals surface area contributed by atoms with Crippen LogP contribution in [0.25, 0.3) is 10.9 Å². The second-order valence-electron chi connectivity index (χ2n) is 6.59. The van der Waals surface area contributed by atoms with E-state index in [0.717, 1.165) is 29.6 Å². The van der Waals surface area contributed by atoms with Crippen molar-refractivity contribution in [3.8, 4) is 0 Å². The molecule has 136 valence electrons. The Hall–Kier alpha value is -2.87. The normalized spacial score (nSPS) is 16.2. The number of fused-ring (bicyclic) bond motifs is 1. The van der Waals surface area contributed by atoms with Crippen molar-refractivity contribution in [2.45, 2.75) is 6.04 Å². The first-order valence-corrected chi connectivity index (χ1v) is 8.79. The maximum atomic E-state index is 12.9. The number of carbonyl (C=O) groups is 1. The maximum Gasteiger partial charge on any atom is 0.244 e. The van der Waals surface area contributed by atoms with Crippen LogP contribution in [-0.4, -0.2) is 64.0 Å². The van der Waals surface area contributed by atoms with Crippen LogP contribution in [0.2, 0.25) is 0 Å². The van der Waals surface area contributed by atoms with Gasteiger partial charge in [0.1, 0.15) is 6.04 Å². The predicted octanol–water partition coefficient (Wildman–Crippen LogP) is 0.906. The number of aryl methyl sites for hydroxylation is 1. The van der Waals surface area contributed by atoms with Gasteiger partial charge in [0.05, 0.1) is 17.9 Å². The van der Waals surface area contributed by atoms with Crippen LogP contribution in [0.5, 0.6) is 0 Å². The molecule has 1 aliphatic rings. The van der Waals surface area contributed by atoms with Gasteiger partial charge in [-0.2, -0.15) is 10.2 Å². The van der Waals surface area contributed by atoms with Crippen LogP contribution in [0.15, 0.2) is 36.8 Å². The number of rotatable bonds is 4. The van der Waals surface area contributed by atoms with Crippen LogP contribution >= 0.6 is 0 Å². The molecule has 0 spiro atoms. The molecule has 4 rings (SSSR count). The van der Waals surface area contributed by atoms with E-state index in [0.29, 0.717) is 13.1 Å².